The van der Waals surface area contributed by atoms with Crippen LogP contribution in [0.1, 0.15) is 32.8 Å². The van der Waals surface area contributed by atoms with Crippen molar-refractivity contribution in [2.75, 3.05) is 26.3 Å². The molecule has 0 saturated carbocycles. The minimum atomic E-state index is -0.0820. The van der Waals surface area contributed by atoms with Gasteiger partial charge in [0.15, 0.2) is 6.29 Å². The Morgan fingerprint density at radius 2 is 1.74 bits per heavy atom. The highest BCUT2D eigenvalue weighted by Gasteiger charge is 2.11. The van der Waals surface area contributed by atoms with E-state index in [0.29, 0.717) is 13.2 Å². The topological polar surface area (TPSA) is 34.6 Å². The molecule has 1 aromatic rings. The van der Waals surface area contributed by atoms with Gasteiger partial charge in [-0.2, -0.15) is 0 Å². The highest BCUT2D eigenvalue weighted by atomic mass is 16.7. The van der Waals surface area contributed by atoms with Crippen molar-refractivity contribution in [1.29, 1.82) is 0 Å². The van der Waals surface area contributed by atoms with E-state index >= 15 is 0 Å². The third-order valence-electron chi connectivity index (χ3n) is 2.99. The van der Waals surface area contributed by atoms with Crippen molar-refractivity contribution in [2.45, 2.75) is 40.0 Å². The van der Waals surface area contributed by atoms with Crippen molar-refractivity contribution in [2.24, 2.45) is 0 Å². The molecule has 0 aliphatic carbocycles. The van der Waals surface area contributed by atoms with E-state index in [1.807, 2.05) is 26.2 Å². The zero-order valence-corrected chi connectivity index (χ0v) is 12.3. The van der Waals surface area contributed by atoms with E-state index < -0.39 is 0 Å². The summed E-state index contributed by atoms with van der Waals surface area (Å²) in [6.45, 7) is 10.5. The predicted octanol–water partition coefficient (Wildman–Crippen LogP) is 2.69. The van der Waals surface area contributed by atoms with Crippen molar-refractivity contribution in [1.82, 2.24) is 9.88 Å². The van der Waals surface area contributed by atoms with Gasteiger partial charge in [-0.05, 0) is 38.1 Å². The molecule has 0 amide bonds. The molecule has 0 saturated heterocycles. The molecule has 0 atom stereocenters. The lowest BCUT2D eigenvalue weighted by Crippen LogP contribution is -2.29. The van der Waals surface area contributed by atoms with E-state index in [2.05, 4.69) is 28.9 Å². The van der Waals surface area contributed by atoms with Gasteiger partial charge in [-0.3, -0.25) is 9.88 Å². The Labute approximate surface area is 116 Å². The third-order valence-corrected chi connectivity index (χ3v) is 2.99. The van der Waals surface area contributed by atoms with Crippen molar-refractivity contribution >= 4 is 0 Å². The first-order valence-corrected chi connectivity index (χ1v) is 7.14. The molecule has 0 aliphatic rings. The van der Waals surface area contributed by atoms with Crippen LogP contribution in [-0.2, 0) is 16.0 Å². The summed E-state index contributed by atoms with van der Waals surface area (Å²) in [6, 6.07) is 4.12. The Morgan fingerprint density at radius 1 is 1.11 bits per heavy atom. The molecule has 108 valence electrons. The van der Waals surface area contributed by atoms with Gasteiger partial charge in [-0.25, -0.2) is 0 Å². The van der Waals surface area contributed by atoms with E-state index in [4.69, 9.17) is 9.47 Å². The van der Waals surface area contributed by atoms with Gasteiger partial charge in [0.25, 0.3) is 0 Å². The van der Waals surface area contributed by atoms with Crippen LogP contribution in [0.25, 0.3) is 0 Å². The summed E-state index contributed by atoms with van der Waals surface area (Å²) in [5.41, 5.74) is 1.29. The molecule has 0 N–H and O–H groups in total. The molecule has 19 heavy (non-hydrogen) atoms. The normalized spacial score (nSPS) is 11.4. The van der Waals surface area contributed by atoms with Crippen LogP contribution < -0.4 is 0 Å². The van der Waals surface area contributed by atoms with Crippen LogP contribution >= 0.6 is 0 Å². The molecule has 1 rings (SSSR count). The zero-order chi connectivity index (χ0) is 13.9. The van der Waals surface area contributed by atoms with Crippen LogP contribution in [0.5, 0.6) is 0 Å². The van der Waals surface area contributed by atoms with Crippen molar-refractivity contribution < 1.29 is 9.47 Å². The Hall–Kier alpha value is -0.970. The Balaban J connectivity index is 2.38. The van der Waals surface area contributed by atoms with Gasteiger partial charge in [0.05, 0.1) is 0 Å². The highest BCUT2D eigenvalue weighted by molar-refractivity contribution is 5.09. The molecule has 4 nitrogen and oxygen atoms in total. The third kappa shape index (κ3) is 6.66. The van der Waals surface area contributed by atoms with E-state index in [0.717, 1.165) is 26.1 Å². The minimum absolute atomic E-state index is 0.0820. The number of rotatable bonds is 10. The summed E-state index contributed by atoms with van der Waals surface area (Å²) in [7, 11) is 0. The predicted molar refractivity (Wildman–Crippen MR) is 76.8 cm³/mol. The maximum Gasteiger partial charge on any atom is 0.158 e. The lowest BCUT2D eigenvalue weighted by molar-refractivity contribution is -0.141. The van der Waals surface area contributed by atoms with Gasteiger partial charge in [0, 0.05) is 45.1 Å². The van der Waals surface area contributed by atoms with Gasteiger partial charge < -0.3 is 9.47 Å². The molecule has 1 aromatic heterocycles. The molecular formula is C15H26N2O2. The fourth-order valence-electron chi connectivity index (χ4n) is 1.97. The summed E-state index contributed by atoms with van der Waals surface area (Å²) < 4.78 is 11.1. The standard InChI is InChI=1S/C15H26N2O2/c1-4-17(13-14-7-10-16-11-8-14)12-9-15(18-5-2)19-6-3/h7-8,10-11,15H,4-6,9,12-13H2,1-3H3. The number of aromatic nitrogens is 1. The molecule has 0 aliphatic heterocycles. The fraction of sp³-hybridized carbons (Fsp3) is 0.667. The van der Waals surface area contributed by atoms with Crippen LogP contribution in [-0.4, -0.2) is 42.5 Å². The smallest absolute Gasteiger partial charge is 0.158 e. The average molecular weight is 266 g/mol. The summed E-state index contributed by atoms with van der Waals surface area (Å²) in [6.07, 6.45) is 4.50. The monoisotopic (exact) mass is 266 g/mol. The first-order valence-electron chi connectivity index (χ1n) is 7.14. The van der Waals surface area contributed by atoms with Crippen LogP contribution in [0.3, 0.4) is 0 Å². The Morgan fingerprint density at radius 3 is 2.26 bits per heavy atom. The fourth-order valence-corrected chi connectivity index (χ4v) is 1.97. The van der Waals surface area contributed by atoms with E-state index in [-0.39, 0.29) is 6.29 Å². The Bertz CT molecular complexity index is 313. The van der Waals surface area contributed by atoms with Crippen LogP contribution in [0, 0.1) is 0 Å². The SMILES string of the molecule is CCOC(CCN(CC)Cc1ccncc1)OCC. The summed E-state index contributed by atoms with van der Waals surface area (Å²) >= 11 is 0. The highest BCUT2D eigenvalue weighted by Crippen LogP contribution is 2.07. The molecule has 4 heteroatoms. The molecular weight excluding hydrogens is 240 g/mol. The second-order valence-corrected chi connectivity index (χ2v) is 4.35. The first-order chi connectivity index (χ1) is 9.30. The maximum absolute atomic E-state index is 5.57. The molecule has 0 radical (unpaired) electrons. The van der Waals surface area contributed by atoms with Gasteiger partial charge in [-0.15, -0.1) is 0 Å². The zero-order valence-electron chi connectivity index (χ0n) is 12.3. The Kier molecular flexibility index (Phi) is 8.38. The second-order valence-electron chi connectivity index (χ2n) is 4.35. The average Bonchev–Trinajstić information content (AvgIpc) is 2.44. The lowest BCUT2D eigenvalue weighted by atomic mass is 10.2. The number of hydrogen-bond donors (Lipinski definition) is 0. The van der Waals surface area contributed by atoms with Crippen LogP contribution in [0.4, 0.5) is 0 Å². The van der Waals surface area contributed by atoms with Crippen molar-refractivity contribution in [3.8, 4) is 0 Å². The molecule has 1 heterocycles. The molecule has 0 unspecified atom stereocenters. The molecule has 0 bridgehead atoms. The summed E-state index contributed by atoms with van der Waals surface area (Å²) in [4.78, 5) is 6.43. The summed E-state index contributed by atoms with van der Waals surface area (Å²) in [5, 5.41) is 0. The van der Waals surface area contributed by atoms with E-state index in [1.54, 1.807) is 0 Å². The number of nitrogens with zero attached hydrogens (tertiary/aromatic N) is 2. The maximum atomic E-state index is 5.57. The van der Waals surface area contributed by atoms with Gasteiger partial charge in [-0.1, -0.05) is 6.92 Å². The molecule has 0 fully saturated rings. The number of pyridine rings is 1. The largest absolute Gasteiger partial charge is 0.353 e. The minimum Gasteiger partial charge on any atom is -0.353 e. The lowest BCUT2D eigenvalue weighted by Gasteiger charge is -2.23. The molecule has 0 spiro atoms. The first kappa shape index (κ1) is 16.1. The van der Waals surface area contributed by atoms with Crippen molar-refractivity contribution in [3.05, 3.63) is 30.1 Å². The molecule has 0 aromatic carbocycles. The summed E-state index contributed by atoms with van der Waals surface area (Å²) in [5.74, 6) is 0. The van der Waals surface area contributed by atoms with Gasteiger partial charge in [0.1, 0.15) is 0 Å². The van der Waals surface area contributed by atoms with E-state index in [1.165, 1.54) is 5.56 Å². The quantitative estimate of drug-likeness (QED) is 0.610. The number of hydrogen-bond acceptors (Lipinski definition) is 4. The van der Waals surface area contributed by atoms with Gasteiger partial charge in [0.2, 0.25) is 0 Å². The van der Waals surface area contributed by atoms with Crippen molar-refractivity contribution in [3.63, 3.8) is 0 Å². The number of ether oxygens (including phenoxy) is 2. The van der Waals surface area contributed by atoms with Crippen LogP contribution in [0.15, 0.2) is 24.5 Å². The van der Waals surface area contributed by atoms with E-state index in [9.17, 15) is 0 Å². The second kappa shape index (κ2) is 9.89. The van der Waals surface area contributed by atoms with Crippen LogP contribution in [0.2, 0.25) is 0 Å². The van der Waals surface area contributed by atoms with Gasteiger partial charge >= 0.3 is 0 Å².